The molecule has 124 heavy (non-hydrogen) atoms. The second kappa shape index (κ2) is 47.3. The minimum Gasteiger partial charge on any atom is -0.508 e. The summed E-state index contributed by atoms with van der Waals surface area (Å²) in [6, 6.07) is 9.25. The zero-order valence-electron chi connectivity index (χ0n) is 69.2. The number of carbonyl (C=O) groups is 14. The summed E-state index contributed by atoms with van der Waals surface area (Å²) in [5, 5.41) is 69.7. The lowest BCUT2D eigenvalue weighted by Gasteiger charge is -2.34. The molecule has 14 amide bonds. The third kappa shape index (κ3) is 28.9. The summed E-state index contributed by atoms with van der Waals surface area (Å²) in [7, 11) is 5.42. The van der Waals surface area contributed by atoms with Crippen LogP contribution in [-0.2, 0) is 113 Å². The number of rotatable bonds is 25. The fraction of sp³-hybridized carbons (Fsp3) is 0.420. The number of phenols is 1. The second-order valence-corrected chi connectivity index (χ2v) is 30.6. The number of nitrogens with two attached hydrogens (primary N) is 3. The third-order valence-electron chi connectivity index (χ3n) is 20.6. The van der Waals surface area contributed by atoms with Gasteiger partial charge in [-0.05, 0) is 71.7 Å². The van der Waals surface area contributed by atoms with Crippen molar-refractivity contribution in [3.05, 3.63) is 168 Å². The molecule has 0 aliphatic carbocycles. The number of aromatic amines is 2. The number of aliphatic hydroxyl groups excluding tert-OH is 1. The zero-order valence-corrected chi connectivity index (χ0v) is 70.0. The van der Waals surface area contributed by atoms with E-state index in [-0.39, 0.29) is 101 Å². The molecule has 0 saturated carbocycles. The van der Waals surface area contributed by atoms with Crippen molar-refractivity contribution in [2.75, 3.05) is 65.4 Å². The van der Waals surface area contributed by atoms with Crippen molar-refractivity contribution < 1.29 is 77.3 Å². The van der Waals surface area contributed by atoms with Crippen LogP contribution >= 0.6 is 11.8 Å². The molecular formula is C81H108N26O16S. The second-order valence-electron chi connectivity index (χ2n) is 29.6. The Kier molecular flexibility index (Phi) is 36.4. The first-order chi connectivity index (χ1) is 59.3. The Balaban J connectivity index is 1.21. The number of hydrogen-bond acceptors (Lipinski definition) is 22. The zero-order chi connectivity index (χ0) is 90.1. The van der Waals surface area contributed by atoms with Gasteiger partial charge < -0.3 is 120 Å². The summed E-state index contributed by atoms with van der Waals surface area (Å²) in [6.07, 6.45) is 6.05. The molecule has 43 heteroatoms. The van der Waals surface area contributed by atoms with E-state index >= 15 is 33.6 Å². The van der Waals surface area contributed by atoms with Crippen LogP contribution in [0.15, 0.2) is 135 Å². The maximum Gasteiger partial charge on any atom is 0.245 e. The smallest absolute Gasteiger partial charge is 0.245 e. The van der Waals surface area contributed by atoms with Crippen molar-refractivity contribution in [2.24, 2.45) is 24.2 Å². The van der Waals surface area contributed by atoms with Crippen LogP contribution in [0, 0.1) is 10.8 Å². The lowest BCUT2D eigenvalue weighted by atomic mass is 9.97. The number of benzene rings is 4. The highest BCUT2D eigenvalue weighted by Gasteiger charge is 2.41. The van der Waals surface area contributed by atoms with Gasteiger partial charge in [-0.25, -0.2) is 15.0 Å². The van der Waals surface area contributed by atoms with Crippen molar-refractivity contribution in [3.63, 3.8) is 0 Å². The maximum atomic E-state index is 15.6. The number of aromatic hydroxyl groups is 1. The predicted octanol–water partition coefficient (Wildman–Crippen LogP) is -4.77. The van der Waals surface area contributed by atoms with Gasteiger partial charge in [0, 0.05) is 110 Å². The molecule has 42 nitrogen and oxygen atoms in total. The molecule has 1 aliphatic heterocycles. The van der Waals surface area contributed by atoms with E-state index in [9.17, 15) is 43.8 Å². The van der Waals surface area contributed by atoms with Crippen molar-refractivity contribution in [2.45, 2.75) is 144 Å². The van der Waals surface area contributed by atoms with Gasteiger partial charge in [0.15, 0.2) is 11.9 Å². The van der Waals surface area contributed by atoms with Gasteiger partial charge in [0.1, 0.15) is 72.2 Å². The van der Waals surface area contributed by atoms with Gasteiger partial charge in [-0.1, -0.05) is 91.9 Å². The van der Waals surface area contributed by atoms with Gasteiger partial charge in [-0.15, -0.1) is 11.8 Å². The number of aliphatic hydroxyl groups is 1. The Morgan fingerprint density at radius 2 is 1.05 bits per heavy atom. The quantitative estimate of drug-likeness (QED) is 0.0145. The molecule has 1 fully saturated rings. The Morgan fingerprint density at radius 3 is 1.65 bits per heavy atom. The maximum absolute atomic E-state index is 15.6. The van der Waals surface area contributed by atoms with E-state index in [1.54, 1.807) is 67.1 Å². The fourth-order valence-electron chi connectivity index (χ4n) is 13.6. The number of guanidine groups is 2. The first kappa shape index (κ1) is 95.5. The number of phenolic OH excluding ortho intramolecular Hbond substituents is 1. The van der Waals surface area contributed by atoms with Gasteiger partial charge in [0.2, 0.25) is 82.7 Å². The summed E-state index contributed by atoms with van der Waals surface area (Å²) < 4.78 is 1.54. The number of thioether (sulfide) groups is 1. The van der Waals surface area contributed by atoms with E-state index in [1.165, 1.54) is 83.0 Å². The SMILES string of the molecule is CC[C@@H]1NC(=O)[C@H](Cc2ccccc2)N(C)C(=O)CSC[C@@H](C(=O)NCC(N)=O)NC(=O)[C@H](Cc2cncn2C)NC(=O)[C@H](CCCNC(=N)N)N(C)C(=O)[C@H](Cc2c[nH]cn2)NC(=O)[C@H](Cc2ccc(O)cc2)N(C)C(=O)[C@H](CCCNC(=N)N)NC(=O)[C@H](CO)NC(=O)CNC(=O)[C@H](Cc2c[nH]cn2)NC(=O)[C@H](Cc2cccc3ccccc23)NC1=O. The number of imidazole rings is 3. The molecule has 24 N–H and O–H groups in total. The summed E-state index contributed by atoms with van der Waals surface area (Å²) in [4.78, 5) is 228. The van der Waals surface area contributed by atoms with Crippen LogP contribution in [0.4, 0.5) is 0 Å². The number of aryl methyl sites for hydroxylation is 1. The highest BCUT2D eigenvalue weighted by atomic mass is 32.2. The standard InChI is InChI=1S/C81H108N26O16S/c1-6-55-71(115)99-57(31-49-19-12-18-48-17-10-11-20-54(48)49)72(116)100-58(32-50-35-87-43-94-50)69(113)93-39-67(111)96-61(40-108)74(118)98-56(21-13-27-90-80(83)84)78(122)107(5)65(30-47-23-25-53(109)26-24-47)77(121)102-60(33-51-36-88-44-95-51)79(123)106(4)63(22-14-28-91-81(85)86)75(119)101-59(34-52-37-89-45-104(52)2)73(117)103-62(70(114)92-38-66(82)110)41-124-42-68(112)105(3)64(76(120)97-55)29-46-15-8-7-9-16-46/h7-12,15-20,23-26,35-37,43-45,55-65,108-109H,6,13-14,21-22,27-34,38-42H2,1-5H3,(H2,82,110)(H,87,94)(H,88,95)(H,92,114)(H,93,113)(H,96,111)(H,97,120)(H,98,118)(H,99,115)(H,100,116)(H,101,119)(H,102,121)(H,103,117)(H4,83,84,90)(H4,85,86,91)/t55-,56-,57-,58-,59-,60-,61-,62-,63-,64-,65-/m0/s1. The van der Waals surface area contributed by atoms with Gasteiger partial charge >= 0.3 is 0 Å². The minimum absolute atomic E-state index is 0.00188. The number of primary amides is 1. The topological polar surface area (TPSA) is 634 Å². The molecule has 1 saturated heterocycles. The third-order valence-corrected chi connectivity index (χ3v) is 21.6. The van der Waals surface area contributed by atoms with Crippen LogP contribution in [0.1, 0.15) is 72.8 Å². The normalized spacial score (nSPS) is 21.8. The van der Waals surface area contributed by atoms with Gasteiger partial charge in [0.25, 0.3) is 0 Å². The first-order valence-corrected chi connectivity index (χ1v) is 41.0. The minimum atomic E-state index is -1.86. The lowest BCUT2D eigenvalue weighted by Crippen LogP contribution is -2.61. The highest BCUT2D eigenvalue weighted by molar-refractivity contribution is 8.00. The molecule has 664 valence electrons. The number of aromatic nitrogens is 6. The number of nitrogens with zero attached hydrogens (tertiary/aromatic N) is 7. The largest absolute Gasteiger partial charge is 0.508 e. The molecule has 0 unspecified atom stereocenters. The molecule has 4 heterocycles. The molecular weight excluding hydrogens is 1630 g/mol. The van der Waals surface area contributed by atoms with Crippen LogP contribution < -0.4 is 81.0 Å². The molecule has 3 aromatic heterocycles. The Morgan fingerprint density at radius 1 is 0.532 bits per heavy atom. The Hall–Kier alpha value is -14.0. The molecule has 8 rings (SSSR count). The fourth-order valence-corrected chi connectivity index (χ4v) is 14.6. The van der Waals surface area contributed by atoms with Crippen LogP contribution in [0.5, 0.6) is 5.75 Å². The molecule has 0 spiro atoms. The highest BCUT2D eigenvalue weighted by Crippen LogP contribution is 2.23. The van der Waals surface area contributed by atoms with Crippen molar-refractivity contribution in [1.82, 2.24) is 108 Å². The number of amides is 14. The molecule has 11 atom stereocenters. The summed E-state index contributed by atoms with van der Waals surface area (Å²) in [6.45, 7) is -1.19. The van der Waals surface area contributed by atoms with E-state index in [4.69, 9.17) is 28.0 Å². The summed E-state index contributed by atoms with van der Waals surface area (Å²) >= 11 is 0.825. The van der Waals surface area contributed by atoms with Crippen molar-refractivity contribution in [1.29, 1.82) is 10.8 Å². The number of hydrogen-bond donors (Lipinski definition) is 21. The predicted molar refractivity (Wildman–Crippen MR) is 454 cm³/mol. The van der Waals surface area contributed by atoms with Crippen molar-refractivity contribution >= 4 is 117 Å². The molecule has 0 radical (unpaired) electrons. The van der Waals surface area contributed by atoms with Crippen LogP contribution in [0.3, 0.4) is 0 Å². The van der Waals surface area contributed by atoms with Gasteiger partial charge in [-0.2, -0.15) is 0 Å². The molecule has 4 aromatic carbocycles. The molecule has 0 bridgehead atoms. The Bertz CT molecular complexity index is 4860. The number of likely N-dealkylation sites (N-methyl/N-ethyl adjacent to an activating group) is 3. The van der Waals surface area contributed by atoms with E-state index in [0.29, 0.717) is 27.8 Å². The first-order valence-electron chi connectivity index (χ1n) is 39.9. The Labute approximate surface area is 717 Å². The van der Waals surface area contributed by atoms with Crippen LogP contribution in [0.2, 0.25) is 0 Å². The van der Waals surface area contributed by atoms with E-state index < -0.39 is 192 Å². The number of carbonyl (C=O) groups excluding carboxylic acids is 14. The van der Waals surface area contributed by atoms with Crippen molar-refractivity contribution in [3.8, 4) is 5.75 Å². The summed E-state index contributed by atoms with van der Waals surface area (Å²) in [5.74, 6) is -15.3. The molecule has 1 aliphatic rings. The van der Waals surface area contributed by atoms with Gasteiger partial charge in [0.05, 0.1) is 55.8 Å². The van der Waals surface area contributed by atoms with Crippen LogP contribution in [-0.4, -0.2) is 281 Å². The van der Waals surface area contributed by atoms with Gasteiger partial charge in [-0.3, -0.25) is 77.9 Å². The summed E-state index contributed by atoms with van der Waals surface area (Å²) in [5.41, 5.74) is 19.1. The lowest BCUT2D eigenvalue weighted by molar-refractivity contribution is -0.145. The van der Waals surface area contributed by atoms with E-state index in [0.717, 1.165) is 31.8 Å². The van der Waals surface area contributed by atoms with E-state index in [2.05, 4.69) is 88.7 Å². The average molecular weight is 1730 g/mol. The number of fused-ring (bicyclic) bond motifs is 1. The van der Waals surface area contributed by atoms with Crippen LogP contribution in [0.25, 0.3) is 10.8 Å². The average Bonchev–Trinajstić information content (AvgIpc) is 0.832. The number of nitrogens with one attached hydrogen (secondary N) is 16. The molecule has 7 aromatic rings. The monoisotopic (exact) mass is 1730 g/mol. The number of H-pyrrole nitrogens is 2. The van der Waals surface area contributed by atoms with E-state index in [1.807, 2.05) is 24.3 Å².